The molecule has 1 rings (SSSR count). The van der Waals surface area contributed by atoms with Gasteiger partial charge in [-0.3, -0.25) is 4.79 Å². The van der Waals surface area contributed by atoms with Crippen LogP contribution in [0.3, 0.4) is 0 Å². The minimum absolute atomic E-state index is 0.103. The highest BCUT2D eigenvalue weighted by molar-refractivity contribution is 5.93. The molecule has 0 aromatic heterocycles. The zero-order chi connectivity index (χ0) is 8.10. The Morgan fingerprint density at radius 1 is 1.91 bits per heavy atom. The molecule has 0 aromatic carbocycles. The normalized spacial score (nSPS) is 15.2. The number of nitrogens with one attached hydrogen (secondary N) is 1. The molecule has 0 saturated heterocycles. The Morgan fingerprint density at radius 3 is 3.27 bits per heavy atom. The first-order valence-electron chi connectivity index (χ1n) is 3.25. The first-order chi connectivity index (χ1) is 5.29. The average Bonchev–Trinajstić information content (AvgIpc) is 2.03. The van der Waals surface area contributed by atoms with Crippen LogP contribution in [0.15, 0.2) is 10.1 Å². The third-order valence-corrected chi connectivity index (χ3v) is 1.05. The van der Waals surface area contributed by atoms with Crippen molar-refractivity contribution in [3.63, 3.8) is 0 Å². The van der Waals surface area contributed by atoms with Gasteiger partial charge >= 0.3 is 0 Å². The molecule has 1 N–H and O–H groups in total. The predicted molar refractivity (Wildman–Crippen MR) is 40.6 cm³/mol. The van der Waals surface area contributed by atoms with E-state index in [9.17, 15) is 4.79 Å². The highest BCUT2D eigenvalue weighted by Crippen LogP contribution is 1.87. The number of hydrogen-bond donors (Lipinski definition) is 1. The molecule has 0 aliphatic carbocycles. The molecule has 0 aromatic rings. The minimum Gasteiger partial charge on any atom is -0.388 e. The number of nitrogens with zero attached hydrogens (tertiary/aromatic N) is 2. The van der Waals surface area contributed by atoms with Crippen LogP contribution in [0.5, 0.6) is 0 Å². The van der Waals surface area contributed by atoms with Gasteiger partial charge < -0.3 is 10.2 Å². The molecular weight excluding hydrogens is 146 g/mol. The number of rotatable bonds is 2. The lowest BCUT2D eigenvalue weighted by Gasteiger charge is -2.04. The van der Waals surface area contributed by atoms with Gasteiger partial charge in [-0.05, 0) is 0 Å². The van der Waals surface area contributed by atoms with Crippen molar-refractivity contribution in [3.05, 3.63) is 0 Å². The predicted octanol–water partition coefficient (Wildman–Crippen LogP) is -0.463. The maximum atomic E-state index is 10.4. The average molecular weight is 155 g/mol. The lowest BCUT2D eigenvalue weighted by atomic mass is 10.5. The zero-order valence-electron chi connectivity index (χ0n) is 6.20. The van der Waals surface area contributed by atoms with Gasteiger partial charge in [-0.1, -0.05) is 5.16 Å². The first-order valence-corrected chi connectivity index (χ1v) is 3.25. The number of carbonyl (C=O) groups excluding carboxylic acids is 1. The summed E-state index contributed by atoms with van der Waals surface area (Å²) in [5.41, 5.74) is 0. The van der Waals surface area contributed by atoms with Crippen LogP contribution in [-0.2, 0) is 9.63 Å². The summed E-state index contributed by atoms with van der Waals surface area (Å²) in [6.07, 6.45) is 1.60. The van der Waals surface area contributed by atoms with E-state index in [4.69, 9.17) is 4.84 Å². The summed E-state index contributed by atoms with van der Waals surface area (Å²) in [6.45, 7) is 2.17. The van der Waals surface area contributed by atoms with Gasteiger partial charge in [0.05, 0.1) is 6.54 Å². The van der Waals surface area contributed by atoms with E-state index in [1.165, 1.54) is 6.92 Å². The number of carbonyl (C=O) groups is 1. The van der Waals surface area contributed by atoms with E-state index in [1.54, 1.807) is 6.21 Å². The van der Waals surface area contributed by atoms with Crippen molar-refractivity contribution in [2.24, 2.45) is 10.1 Å². The monoisotopic (exact) mass is 155 g/mol. The Bertz CT molecular complexity index is 210. The highest BCUT2D eigenvalue weighted by atomic mass is 16.6. The molecule has 0 unspecified atom stereocenters. The van der Waals surface area contributed by atoms with Crippen molar-refractivity contribution >= 4 is 18.0 Å². The second-order valence-electron chi connectivity index (χ2n) is 2.02. The van der Waals surface area contributed by atoms with Crippen LogP contribution in [0.1, 0.15) is 6.92 Å². The van der Waals surface area contributed by atoms with E-state index in [-0.39, 0.29) is 5.91 Å². The summed E-state index contributed by atoms with van der Waals surface area (Å²) in [7, 11) is 0. The maximum Gasteiger partial charge on any atom is 0.217 e. The molecule has 11 heavy (non-hydrogen) atoms. The molecule has 1 aliphatic rings. The number of hydrogen-bond acceptors (Lipinski definition) is 4. The molecule has 1 amide bonds. The van der Waals surface area contributed by atoms with Crippen LogP contribution < -0.4 is 5.32 Å². The molecular formula is C6H9N3O2. The van der Waals surface area contributed by atoms with Gasteiger partial charge in [0.15, 0.2) is 12.4 Å². The summed E-state index contributed by atoms with van der Waals surface area (Å²) in [5, 5.41) is 6.16. The molecule has 5 nitrogen and oxygen atoms in total. The molecule has 5 heteroatoms. The van der Waals surface area contributed by atoms with Crippen LogP contribution in [0, 0.1) is 0 Å². The second-order valence-corrected chi connectivity index (χ2v) is 2.02. The first kappa shape index (κ1) is 7.71. The molecule has 0 atom stereocenters. The van der Waals surface area contributed by atoms with E-state index in [1.807, 2.05) is 0 Å². The molecule has 0 radical (unpaired) electrons. The van der Waals surface area contributed by atoms with E-state index < -0.39 is 0 Å². The number of amides is 1. The van der Waals surface area contributed by atoms with Crippen molar-refractivity contribution in [3.8, 4) is 0 Å². The number of oxime groups is 1. The molecule has 0 spiro atoms. The summed E-state index contributed by atoms with van der Waals surface area (Å²) in [6, 6.07) is 0. The van der Waals surface area contributed by atoms with Gasteiger partial charge in [0.2, 0.25) is 5.91 Å². The fourth-order valence-corrected chi connectivity index (χ4v) is 0.593. The van der Waals surface area contributed by atoms with E-state index in [2.05, 4.69) is 15.5 Å². The Kier molecular flexibility index (Phi) is 2.59. The highest BCUT2D eigenvalue weighted by Gasteiger charge is 2.01. The van der Waals surface area contributed by atoms with Gasteiger partial charge in [-0.15, -0.1) is 0 Å². The van der Waals surface area contributed by atoms with Gasteiger partial charge in [0.1, 0.15) is 0 Å². The fourth-order valence-electron chi connectivity index (χ4n) is 0.593. The van der Waals surface area contributed by atoms with Crippen molar-refractivity contribution in [2.45, 2.75) is 6.92 Å². The molecule has 1 aliphatic heterocycles. The molecule has 0 bridgehead atoms. The topological polar surface area (TPSA) is 63.0 Å². The fraction of sp³-hybridized carbons (Fsp3) is 0.500. The van der Waals surface area contributed by atoms with Crippen LogP contribution in [-0.4, -0.2) is 31.1 Å². The number of aliphatic imine (C=N–C) groups is 1. The van der Waals surface area contributed by atoms with E-state index >= 15 is 0 Å². The molecule has 0 fully saturated rings. The Morgan fingerprint density at radius 2 is 2.73 bits per heavy atom. The quantitative estimate of drug-likeness (QED) is 0.586. The maximum absolute atomic E-state index is 10.4. The largest absolute Gasteiger partial charge is 0.388 e. The van der Waals surface area contributed by atoms with Crippen molar-refractivity contribution < 1.29 is 9.63 Å². The van der Waals surface area contributed by atoms with E-state index in [0.29, 0.717) is 19.0 Å². The van der Waals surface area contributed by atoms with Crippen molar-refractivity contribution in [1.82, 2.24) is 5.32 Å². The Hall–Kier alpha value is -1.39. The third kappa shape index (κ3) is 2.79. The SMILES string of the molecule is CC(=O)NCC1=NOCC=N1. The van der Waals surface area contributed by atoms with Crippen LogP contribution in [0.4, 0.5) is 0 Å². The summed E-state index contributed by atoms with van der Waals surface area (Å²) < 4.78 is 0. The van der Waals surface area contributed by atoms with Gasteiger partial charge in [-0.2, -0.15) is 0 Å². The van der Waals surface area contributed by atoms with Crippen LogP contribution in [0.2, 0.25) is 0 Å². The van der Waals surface area contributed by atoms with Crippen LogP contribution >= 0.6 is 0 Å². The summed E-state index contributed by atoms with van der Waals surface area (Å²) in [5.74, 6) is 0.389. The standard InChI is InChI=1S/C6H9N3O2/c1-5(10)8-4-6-7-2-3-11-9-6/h2H,3-4H2,1H3,(H,8,10). The zero-order valence-corrected chi connectivity index (χ0v) is 6.20. The molecule has 1 heterocycles. The van der Waals surface area contributed by atoms with Crippen molar-refractivity contribution in [2.75, 3.05) is 13.2 Å². The van der Waals surface area contributed by atoms with Gasteiger partial charge in [0, 0.05) is 13.1 Å². The lowest BCUT2D eigenvalue weighted by Crippen LogP contribution is -2.27. The van der Waals surface area contributed by atoms with Gasteiger partial charge in [-0.25, -0.2) is 4.99 Å². The molecule has 0 saturated carbocycles. The minimum atomic E-state index is -0.103. The van der Waals surface area contributed by atoms with Crippen LogP contribution in [0.25, 0.3) is 0 Å². The lowest BCUT2D eigenvalue weighted by molar-refractivity contribution is -0.118. The number of amidine groups is 1. The Balaban J connectivity index is 2.31. The van der Waals surface area contributed by atoms with Crippen molar-refractivity contribution in [1.29, 1.82) is 0 Å². The smallest absolute Gasteiger partial charge is 0.217 e. The Labute approximate surface area is 64.1 Å². The van der Waals surface area contributed by atoms with E-state index in [0.717, 1.165) is 0 Å². The molecule has 60 valence electrons. The summed E-state index contributed by atoms with van der Waals surface area (Å²) >= 11 is 0. The van der Waals surface area contributed by atoms with Gasteiger partial charge in [0.25, 0.3) is 0 Å². The second kappa shape index (κ2) is 3.70. The summed E-state index contributed by atoms with van der Waals surface area (Å²) in [4.78, 5) is 19.0. The third-order valence-electron chi connectivity index (χ3n) is 1.05.